The van der Waals surface area contributed by atoms with E-state index in [9.17, 15) is 0 Å². The highest BCUT2D eigenvalue weighted by Gasteiger charge is 2.02. The molecule has 0 saturated carbocycles. The fourth-order valence-electron chi connectivity index (χ4n) is 1.26. The van der Waals surface area contributed by atoms with Crippen LogP contribution >= 0.6 is 11.6 Å². The average molecular weight is 197 g/mol. The molecule has 1 aromatic heterocycles. The largest absolute Gasteiger partial charge is 0.460 e. The molecule has 0 unspecified atom stereocenters. The Hall–Kier alpha value is -1.03. The number of furan rings is 1. The van der Waals surface area contributed by atoms with E-state index in [2.05, 4.69) is 5.43 Å². The van der Waals surface area contributed by atoms with E-state index in [0.717, 1.165) is 16.7 Å². The molecule has 0 aliphatic heterocycles. The van der Waals surface area contributed by atoms with Gasteiger partial charge in [0.15, 0.2) is 0 Å². The van der Waals surface area contributed by atoms with Gasteiger partial charge in [0.1, 0.15) is 11.3 Å². The third kappa shape index (κ3) is 1.67. The van der Waals surface area contributed by atoms with E-state index in [-0.39, 0.29) is 0 Å². The predicted molar refractivity (Wildman–Crippen MR) is 52.3 cm³/mol. The molecule has 0 fully saturated rings. The van der Waals surface area contributed by atoms with Crippen molar-refractivity contribution in [2.45, 2.75) is 6.54 Å². The lowest BCUT2D eigenvalue weighted by molar-refractivity contribution is 0.520. The molecular weight excluding hydrogens is 188 g/mol. The lowest BCUT2D eigenvalue weighted by atomic mass is 10.2. The summed E-state index contributed by atoms with van der Waals surface area (Å²) < 4.78 is 5.46. The molecule has 4 heteroatoms. The third-order valence-electron chi connectivity index (χ3n) is 1.81. The maximum Gasteiger partial charge on any atom is 0.134 e. The van der Waals surface area contributed by atoms with E-state index in [1.165, 1.54) is 0 Å². The van der Waals surface area contributed by atoms with Gasteiger partial charge >= 0.3 is 0 Å². The number of rotatable bonds is 2. The number of hydrazine groups is 1. The Bertz CT molecular complexity index is 424. The van der Waals surface area contributed by atoms with Crippen LogP contribution in [0.5, 0.6) is 0 Å². The smallest absolute Gasteiger partial charge is 0.134 e. The second-order valence-corrected chi connectivity index (χ2v) is 3.21. The van der Waals surface area contributed by atoms with Crippen LogP contribution in [0.2, 0.25) is 5.02 Å². The second kappa shape index (κ2) is 3.38. The Labute approximate surface area is 80.4 Å². The van der Waals surface area contributed by atoms with Crippen molar-refractivity contribution in [1.29, 1.82) is 0 Å². The molecule has 0 atom stereocenters. The minimum atomic E-state index is 0.520. The Balaban J connectivity index is 2.49. The fraction of sp³-hybridized carbons (Fsp3) is 0.111. The monoisotopic (exact) mass is 196 g/mol. The zero-order valence-electron chi connectivity index (χ0n) is 6.88. The van der Waals surface area contributed by atoms with E-state index < -0.39 is 0 Å². The summed E-state index contributed by atoms with van der Waals surface area (Å²) in [5, 5.41) is 1.71. The number of halogens is 1. The molecule has 3 N–H and O–H groups in total. The molecule has 0 aliphatic rings. The number of nitrogens with two attached hydrogens (primary N) is 1. The molecule has 13 heavy (non-hydrogen) atoms. The minimum absolute atomic E-state index is 0.520. The van der Waals surface area contributed by atoms with Crippen LogP contribution in [-0.4, -0.2) is 0 Å². The van der Waals surface area contributed by atoms with Crippen molar-refractivity contribution in [3.63, 3.8) is 0 Å². The van der Waals surface area contributed by atoms with Crippen LogP contribution in [0, 0.1) is 0 Å². The quantitative estimate of drug-likeness (QED) is 0.571. The number of benzene rings is 1. The standard InChI is InChI=1S/C9H9ClN2O/c10-7-1-2-9-6(3-7)4-8(13-9)5-12-11/h1-4,12H,5,11H2. The third-order valence-corrected chi connectivity index (χ3v) is 2.04. The Morgan fingerprint density at radius 3 is 3.00 bits per heavy atom. The SMILES string of the molecule is NNCc1cc2cc(Cl)ccc2o1. The topological polar surface area (TPSA) is 51.2 Å². The fourth-order valence-corrected chi connectivity index (χ4v) is 1.44. The van der Waals surface area contributed by atoms with E-state index >= 15 is 0 Å². The van der Waals surface area contributed by atoms with Crippen molar-refractivity contribution in [3.05, 3.63) is 35.0 Å². The Kier molecular flexibility index (Phi) is 2.22. The molecule has 0 radical (unpaired) electrons. The van der Waals surface area contributed by atoms with Gasteiger partial charge in [-0.3, -0.25) is 11.3 Å². The number of hydrogen-bond donors (Lipinski definition) is 2. The van der Waals surface area contributed by atoms with Crippen LogP contribution in [0.25, 0.3) is 11.0 Å². The van der Waals surface area contributed by atoms with Gasteiger partial charge in [-0.25, -0.2) is 0 Å². The summed E-state index contributed by atoms with van der Waals surface area (Å²) in [4.78, 5) is 0. The molecule has 0 spiro atoms. The van der Waals surface area contributed by atoms with Crippen molar-refractivity contribution in [2.75, 3.05) is 0 Å². The molecular formula is C9H9ClN2O. The van der Waals surface area contributed by atoms with Gasteiger partial charge in [-0.2, -0.15) is 0 Å². The molecule has 0 aliphatic carbocycles. The summed E-state index contributed by atoms with van der Waals surface area (Å²) in [6.07, 6.45) is 0. The predicted octanol–water partition coefficient (Wildman–Crippen LogP) is 2.05. The summed E-state index contributed by atoms with van der Waals surface area (Å²) in [7, 11) is 0. The number of nitrogens with one attached hydrogen (secondary N) is 1. The molecule has 2 aromatic rings. The lowest BCUT2D eigenvalue weighted by Gasteiger charge is -1.90. The van der Waals surface area contributed by atoms with Crippen LogP contribution < -0.4 is 11.3 Å². The number of hydrogen-bond acceptors (Lipinski definition) is 3. The van der Waals surface area contributed by atoms with Crippen molar-refractivity contribution >= 4 is 22.6 Å². The van der Waals surface area contributed by atoms with E-state index in [0.29, 0.717) is 11.6 Å². The first-order chi connectivity index (χ1) is 6.29. The van der Waals surface area contributed by atoms with Crippen molar-refractivity contribution < 1.29 is 4.42 Å². The van der Waals surface area contributed by atoms with Crippen LogP contribution in [0.4, 0.5) is 0 Å². The van der Waals surface area contributed by atoms with Crippen LogP contribution in [0.3, 0.4) is 0 Å². The minimum Gasteiger partial charge on any atom is -0.460 e. The zero-order valence-corrected chi connectivity index (χ0v) is 7.64. The summed E-state index contributed by atoms with van der Waals surface area (Å²) in [6.45, 7) is 0.520. The summed E-state index contributed by atoms with van der Waals surface area (Å²) in [6, 6.07) is 7.42. The van der Waals surface area contributed by atoms with Crippen molar-refractivity contribution in [1.82, 2.24) is 5.43 Å². The molecule has 1 aromatic carbocycles. The van der Waals surface area contributed by atoms with Gasteiger partial charge in [0, 0.05) is 10.4 Å². The van der Waals surface area contributed by atoms with Gasteiger partial charge in [-0.15, -0.1) is 0 Å². The first kappa shape index (κ1) is 8.56. The molecule has 68 valence electrons. The highest BCUT2D eigenvalue weighted by Crippen LogP contribution is 2.22. The van der Waals surface area contributed by atoms with E-state index in [1.807, 2.05) is 18.2 Å². The van der Waals surface area contributed by atoms with Gasteiger partial charge in [0.25, 0.3) is 0 Å². The zero-order chi connectivity index (χ0) is 9.26. The normalized spacial score (nSPS) is 10.9. The molecule has 0 saturated heterocycles. The first-order valence-corrected chi connectivity index (χ1v) is 4.29. The highest BCUT2D eigenvalue weighted by molar-refractivity contribution is 6.31. The van der Waals surface area contributed by atoms with Gasteiger partial charge in [0.2, 0.25) is 0 Å². The summed E-state index contributed by atoms with van der Waals surface area (Å²) in [5.41, 5.74) is 3.36. The molecule has 3 nitrogen and oxygen atoms in total. The molecule has 0 bridgehead atoms. The van der Waals surface area contributed by atoms with E-state index in [4.69, 9.17) is 21.9 Å². The Morgan fingerprint density at radius 1 is 1.38 bits per heavy atom. The summed E-state index contributed by atoms with van der Waals surface area (Å²) >= 11 is 5.82. The van der Waals surface area contributed by atoms with Gasteiger partial charge in [0.05, 0.1) is 6.54 Å². The van der Waals surface area contributed by atoms with Crippen molar-refractivity contribution in [2.24, 2.45) is 5.84 Å². The van der Waals surface area contributed by atoms with Crippen LogP contribution in [0.15, 0.2) is 28.7 Å². The van der Waals surface area contributed by atoms with Gasteiger partial charge in [-0.05, 0) is 24.3 Å². The average Bonchev–Trinajstić information content (AvgIpc) is 2.46. The number of fused-ring (bicyclic) bond motifs is 1. The highest BCUT2D eigenvalue weighted by atomic mass is 35.5. The van der Waals surface area contributed by atoms with Crippen LogP contribution in [0.1, 0.15) is 5.76 Å². The summed E-state index contributed by atoms with van der Waals surface area (Å²) in [5.74, 6) is 5.98. The van der Waals surface area contributed by atoms with Crippen molar-refractivity contribution in [3.8, 4) is 0 Å². The Morgan fingerprint density at radius 2 is 2.23 bits per heavy atom. The molecule has 0 amide bonds. The van der Waals surface area contributed by atoms with Gasteiger partial charge in [-0.1, -0.05) is 11.6 Å². The second-order valence-electron chi connectivity index (χ2n) is 2.78. The maximum atomic E-state index is 5.82. The van der Waals surface area contributed by atoms with Crippen LogP contribution in [-0.2, 0) is 6.54 Å². The molecule has 1 heterocycles. The lowest BCUT2D eigenvalue weighted by Crippen LogP contribution is -2.20. The van der Waals surface area contributed by atoms with E-state index in [1.54, 1.807) is 6.07 Å². The molecule has 2 rings (SSSR count). The van der Waals surface area contributed by atoms with Gasteiger partial charge < -0.3 is 4.42 Å². The maximum absolute atomic E-state index is 5.82. The first-order valence-electron chi connectivity index (χ1n) is 3.91.